The molecule has 2 atom stereocenters. The van der Waals surface area contributed by atoms with Gasteiger partial charge in [0.15, 0.2) is 0 Å². The lowest BCUT2D eigenvalue weighted by Gasteiger charge is -2.24. The molecule has 0 rings (SSSR count). The Bertz CT molecular complexity index is 206. The molecule has 17 heavy (non-hydrogen) atoms. The van der Waals surface area contributed by atoms with Crippen molar-refractivity contribution >= 4 is 17.5 Å². The van der Waals surface area contributed by atoms with Crippen LogP contribution in [0.3, 0.4) is 0 Å². The highest BCUT2D eigenvalue weighted by molar-refractivity contribution is 6.17. The first-order chi connectivity index (χ1) is 8.06. The van der Waals surface area contributed by atoms with Gasteiger partial charge >= 0.3 is 0 Å². The lowest BCUT2D eigenvalue weighted by Crippen LogP contribution is -2.42. The average molecular weight is 262 g/mol. The zero-order valence-corrected chi connectivity index (χ0v) is 12.5. The first-order valence-electron chi connectivity index (χ1n) is 6.93. The van der Waals surface area contributed by atoms with E-state index in [0.717, 1.165) is 32.1 Å². The third-order valence-electron chi connectivity index (χ3n) is 3.32. The van der Waals surface area contributed by atoms with Gasteiger partial charge in [-0.1, -0.05) is 40.5 Å². The van der Waals surface area contributed by atoms with E-state index in [1.54, 1.807) is 0 Å². The van der Waals surface area contributed by atoms with Crippen molar-refractivity contribution in [1.29, 1.82) is 0 Å². The van der Waals surface area contributed by atoms with Crippen LogP contribution in [0, 0.1) is 11.8 Å². The van der Waals surface area contributed by atoms with Gasteiger partial charge in [-0.15, -0.1) is 11.6 Å². The van der Waals surface area contributed by atoms with Gasteiger partial charge in [0, 0.05) is 17.8 Å². The van der Waals surface area contributed by atoms with Gasteiger partial charge in [0.25, 0.3) is 0 Å². The quantitative estimate of drug-likeness (QED) is 0.625. The minimum absolute atomic E-state index is 0.173. The first-order valence-corrected chi connectivity index (χ1v) is 7.46. The van der Waals surface area contributed by atoms with Crippen LogP contribution in [0.5, 0.6) is 0 Å². The Morgan fingerprint density at radius 2 is 1.88 bits per heavy atom. The molecule has 3 heteroatoms. The van der Waals surface area contributed by atoms with Crippen LogP contribution in [0.15, 0.2) is 0 Å². The van der Waals surface area contributed by atoms with Gasteiger partial charge in [0.2, 0.25) is 5.91 Å². The minimum Gasteiger partial charge on any atom is -0.353 e. The van der Waals surface area contributed by atoms with Crippen LogP contribution in [0.4, 0.5) is 0 Å². The molecule has 0 saturated carbocycles. The van der Waals surface area contributed by atoms with Gasteiger partial charge in [-0.3, -0.25) is 4.79 Å². The molecule has 0 radical (unpaired) electrons. The number of rotatable bonds is 9. The summed E-state index contributed by atoms with van der Waals surface area (Å²) < 4.78 is 0. The van der Waals surface area contributed by atoms with E-state index in [9.17, 15) is 4.79 Å². The average Bonchev–Trinajstić information content (AvgIpc) is 2.29. The Kier molecular flexibility index (Phi) is 9.62. The molecule has 0 aromatic carbocycles. The van der Waals surface area contributed by atoms with Crippen molar-refractivity contribution in [2.45, 2.75) is 65.8 Å². The van der Waals surface area contributed by atoms with E-state index in [1.807, 2.05) is 0 Å². The van der Waals surface area contributed by atoms with Crippen molar-refractivity contribution in [2.24, 2.45) is 11.8 Å². The number of carbonyl (C=O) groups excluding carboxylic acids is 1. The third kappa shape index (κ3) is 6.92. The zero-order chi connectivity index (χ0) is 13.3. The molecule has 102 valence electrons. The molecule has 0 aromatic heterocycles. The van der Waals surface area contributed by atoms with Crippen molar-refractivity contribution in [3.63, 3.8) is 0 Å². The Morgan fingerprint density at radius 3 is 2.29 bits per heavy atom. The van der Waals surface area contributed by atoms with Crippen LogP contribution >= 0.6 is 11.6 Å². The standard InChI is InChI=1S/C14H28ClNO/c1-5-7-8-12(6-2)14(17)16-13(9-10-15)11(3)4/h11-13H,5-10H2,1-4H3,(H,16,17). The summed E-state index contributed by atoms with van der Waals surface area (Å²) >= 11 is 5.77. The smallest absolute Gasteiger partial charge is 0.223 e. The Balaban J connectivity index is 4.25. The highest BCUT2D eigenvalue weighted by Crippen LogP contribution is 2.15. The molecule has 0 heterocycles. The number of alkyl halides is 1. The second-order valence-electron chi connectivity index (χ2n) is 5.08. The summed E-state index contributed by atoms with van der Waals surface area (Å²) in [4.78, 5) is 12.1. The molecule has 0 fully saturated rings. The van der Waals surface area contributed by atoms with Gasteiger partial charge < -0.3 is 5.32 Å². The van der Waals surface area contributed by atoms with Gasteiger partial charge in [-0.2, -0.15) is 0 Å². The predicted octanol–water partition coefficient (Wildman–Crippen LogP) is 3.97. The van der Waals surface area contributed by atoms with Crippen molar-refractivity contribution in [2.75, 3.05) is 5.88 Å². The highest BCUT2D eigenvalue weighted by atomic mass is 35.5. The molecule has 2 nitrogen and oxygen atoms in total. The first kappa shape index (κ1) is 16.8. The second-order valence-corrected chi connectivity index (χ2v) is 5.46. The highest BCUT2D eigenvalue weighted by Gasteiger charge is 2.21. The Labute approximate surface area is 111 Å². The largest absolute Gasteiger partial charge is 0.353 e. The van der Waals surface area contributed by atoms with Crippen LogP contribution in [0.25, 0.3) is 0 Å². The summed E-state index contributed by atoms with van der Waals surface area (Å²) in [6, 6.07) is 0.218. The summed E-state index contributed by atoms with van der Waals surface area (Å²) in [5.74, 6) is 1.44. The van der Waals surface area contributed by atoms with E-state index in [-0.39, 0.29) is 17.9 Å². The molecule has 0 aliphatic carbocycles. The van der Waals surface area contributed by atoms with Crippen LogP contribution in [0.2, 0.25) is 0 Å². The van der Waals surface area contributed by atoms with E-state index in [1.165, 1.54) is 0 Å². The van der Waals surface area contributed by atoms with Gasteiger partial charge in [-0.05, 0) is 25.2 Å². The fraction of sp³-hybridized carbons (Fsp3) is 0.929. The number of carbonyl (C=O) groups is 1. The van der Waals surface area contributed by atoms with Crippen molar-refractivity contribution < 1.29 is 4.79 Å². The molecule has 2 unspecified atom stereocenters. The number of amides is 1. The van der Waals surface area contributed by atoms with Crippen molar-refractivity contribution in [3.05, 3.63) is 0 Å². The van der Waals surface area contributed by atoms with Crippen LogP contribution in [-0.2, 0) is 4.79 Å². The van der Waals surface area contributed by atoms with Crippen LogP contribution in [0.1, 0.15) is 59.8 Å². The Morgan fingerprint density at radius 1 is 1.24 bits per heavy atom. The maximum Gasteiger partial charge on any atom is 0.223 e. The summed E-state index contributed by atoms with van der Waals surface area (Å²) in [5.41, 5.74) is 0. The SMILES string of the molecule is CCCCC(CC)C(=O)NC(CCCl)C(C)C. The summed E-state index contributed by atoms with van der Waals surface area (Å²) in [7, 11) is 0. The predicted molar refractivity (Wildman–Crippen MR) is 75.4 cm³/mol. The lowest BCUT2D eigenvalue weighted by atomic mass is 9.96. The van der Waals surface area contributed by atoms with E-state index in [4.69, 9.17) is 11.6 Å². The van der Waals surface area contributed by atoms with Crippen LogP contribution < -0.4 is 5.32 Å². The minimum atomic E-state index is 0.173. The molecule has 1 N–H and O–H groups in total. The molecular weight excluding hydrogens is 234 g/mol. The number of hydrogen-bond acceptors (Lipinski definition) is 1. The van der Waals surface area contributed by atoms with Crippen molar-refractivity contribution in [1.82, 2.24) is 5.32 Å². The summed E-state index contributed by atoms with van der Waals surface area (Å²) in [5, 5.41) is 3.15. The third-order valence-corrected chi connectivity index (χ3v) is 3.54. The zero-order valence-electron chi connectivity index (χ0n) is 11.8. The van der Waals surface area contributed by atoms with Gasteiger partial charge in [0.05, 0.1) is 0 Å². The summed E-state index contributed by atoms with van der Waals surface area (Å²) in [6.45, 7) is 8.51. The van der Waals surface area contributed by atoms with E-state index < -0.39 is 0 Å². The molecule has 0 spiro atoms. The molecule has 0 aliphatic rings. The fourth-order valence-electron chi connectivity index (χ4n) is 1.96. The van der Waals surface area contributed by atoms with E-state index >= 15 is 0 Å². The number of halogens is 1. The number of hydrogen-bond donors (Lipinski definition) is 1. The van der Waals surface area contributed by atoms with Crippen molar-refractivity contribution in [3.8, 4) is 0 Å². The maximum atomic E-state index is 12.1. The Hall–Kier alpha value is -0.240. The molecule has 1 amide bonds. The molecule has 0 aromatic rings. The lowest BCUT2D eigenvalue weighted by molar-refractivity contribution is -0.126. The summed E-state index contributed by atoms with van der Waals surface area (Å²) in [6.07, 6.45) is 5.07. The molecule has 0 saturated heterocycles. The van der Waals surface area contributed by atoms with Gasteiger partial charge in [-0.25, -0.2) is 0 Å². The molecular formula is C14H28ClNO. The second kappa shape index (κ2) is 9.76. The number of nitrogens with one attached hydrogen (secondary N) is 1. The monoisotopic (exact) mass is 261 g/mol. The molecule has 0 aliphatic heterocycles. The number of unbranched alkanes of at least 4 members (excludes halogenated alkanes) is 1. The van der Waals surface area contributed by atoms with E-state index in [2.05, 4.69) is 33.0 Å². The topological polar surface area (TPSA) is 29.1 Å². The van der Waals surface area contributed by atoms with Crippen LogP contribution in [-0.4, -0.2) is 17.8 Å². The molecule has 0 bridgehead atoms. The van der Waals surface area contributed by atoms with E-state index in [0.29, 0.717) is 11.8 Å². The fourth-order valence-corrected chi connectivity index (χ4v) is 2.20. The normalized spacial score (nSPS) is 14.7. The maximum absolute atomic E-state index is 12.1. The van der Waals surface area contributed by atoms with Gasteiger partial charge in [0.1, 0.15) is 0 Å².